The summed E-state index contributed by atoms with van der Waals surface area (Å²) in [4.78, 5) is 27.7. The van der Waals surface area contributed by atoms with Crippen molar-refractivity contribution in [3.8, 4) is 0 Å². The van der Waals surface area contributed by atoms with Gasteiger partial charge in [-0.25, -0.2) is 4.79 Å². The number of hydrogen-bond donors (Lipinski definition) is 3. The van der Waals surface area contributed by atoms with Gasteiger partial charge in [0.05, 0.1) is 5.56 Å². The first kappa shape index (κ1) is 21.4. The van der Waals surface area contributed by atoms with E-state index in [1.807, 2.05) is 72.8 Å². The molecule has 1 saturated heterocycles. The lowest BCUT2D eigenvalue weighted by molar-refractivity contribution is 0.0951. The first-order valence-corrected chi connectivity index (χ1v) is 11.0. The Morgan fingerprint density at radius 1 is 0.750 bits per heavy atom. The molecule has 0 aliphatic carbocycles. The van der Waals surface area contributed by atoms with Crippen molar-refractivity contribution < 1.29 is 9.59 Å². The van der Waals surface area contributed by atoms with E-state index >= 15 is 0 Å². The highest BCUT2D eigenvalue weighted by Crippen LogP contribution is 2.27. The number of nitrogens with zero attached hydrogens (tertiary/aromatic N) is 1. The van der Waals surface area contributed by atoms with Gasteiger partial charge in [0.15, 0.2) is 0 Å². The van der Waals surface area contributed by atoms with E-state index in [1.165, 1.54) is 0 Å². The first-order chi connectivity index (χ1) is 15.7. The maximum atomic E-state index is 13.1. The van der Waals surface area contributed by atoms with Crippen molar-refractivity contribution >= 4 is 23.3 Å². The monoisotopic (exact) mass is 428 g/mol. The Kier molecular flexibility index (Phi) is 7.02. The van der Waals surface area contributed by atoms with Gasteiger partial charge in [-0.2, -0.15) is 0 Å². The van der Waals surface area contributed by atoms with Crippen LogP contribution in [-0.2, 0) is 13.1 Å². The number of benzene rings is 3. The zero-order valence-electron chi connectivity index (χ0n) is 18.0. The summed E-state index contributed by atoms with van der Waals surface area (Å²) in [7, 11) is 0. The molecule has 0 unspecified atom stereocenters. The summed E-state index contributed by atoms with van der Waals surface area (Å²) in [5.41, 5.74) is 4.13. The highest BCUT2D eigenvalue weighted by atomic mass is 16.2. The molecule has 32 heavy (non-hydrogen) atoms. The minimum Gasteiger partial charge on any atom is -0.371 e. The van der Waals surface area contributed by atoms with Crippen molar-refractivity contribution in [3.63, 3.8) is 0 Å². The van der Waals surface area contributed by atoms with Gasteiger partial charge in [0.2, 0.25) is 0 Å². The Balaban J connectivity index is 1.46. The van der Waals surface area contributed by atoms with Crippen molar-refractivity contribution in [2.24, 2.45) is 0 Å². The minimum absolute atomic E-state index is 0.149. The third kappa shape index (κ3) is 5.66. The molecule has 1 heterocycles. The van der Waals surface area contributed by atoms with E-state index in [1.54, 1.807) is 6.07 Å². The zero-order valence-corrected chi connectivity index (χ0v) is 18.0. The van der Waals surface area contributed by atoms with E-state index in [0.717, 1.165) is 42.7 Å². The maximum Gasteiger partial charge on any atom is 0.319 e. The number of carbonyl (C=O) groups excluding carboxylic acids is 2. The van der Waals surface area contributed by atoms with Gasteiger partial charge in [-0.1, -0.05) is 60.7 Å². The van der Waals surface area contributed by atoms with Crippen LogP contribution in [0.3, 0.4) is 0 Å². The Labute approximate surface area is 188 Å². The molecule has 1 fully saturated rings. The minimum atomic E-state index is -0.307. The molecule has 1 aliphatic heterocycles. The number of amides is 3. The molecule has 164 valence electrons. The molecule has 1 aliphatic rings. The van der Waals surface area contributed by atoms with Crippen LogP contribution in [0.5, 0.6) is 0 Å². The van der Waals surface area contributed by atoms with E-state index in [2.05, 4.69) is 20.9 Å². The molecule has 3 aromatic rings. The van der Waals surface area contributed by atoms with E-state index in [4.69, 9.17) is 0 Å². The van der Waals surface area contributed by atoms with Gasteiger partial charge in [0.25, 0.3) is 5.91 Å². The predicted molar refractivity (Wildman–Crippen MR) is 128 cm³/mol. The summed E-state index contributed by atoms with van der Waals surface area (Å²) in [6.07, 6.45) is 2.24. The molecule has 4 rings (SSSR count). The third-order valence-corrected chi connectivity index (χ3v) is 5.54. The molecule has 0 atom stereocenters. The lowest BCUT2D eigenvalue weighted by Crippen LogP contribution is -2.29. The third-order valence-electron chi connectivity index (χ3n) is 5.54. The van der Waals surface area contributed by atoms with Gasteiger partial charge in [0, 0.05) is 37.6 Å². The highest BCUT2D eigenvalue weighted by molar-refractivity contribution is 6.02. The van der Waals surface area contributed by atoms with Crippen molar-refractivity contribution in [2.75, 3.05) is 23.3 Å². The van der Waals surface area contributed by atoms with Crippen molar-refractivity contribution in [1.82, 2.24) is 10.6 Å². The van der Waals surface area contributed by atoms with E-state index < -0.39 is 0 Å². The van der Waals surface area contributed by atoms with Gasteiger partial charge in [-0.05, 0) is 42.2 Å². The van der Waals surface area contributed by atoms with Crippen molar-refractivity contribution in [3.05, 3.63) is 95.6 Å². The van der Waals surface area contributed by atoms with Crippen LogP contribution in [0.1, 0.15) is 34.3 Å². The van der Waals surface area contributed by atoms with Crippen LogP contribution in [0.4, 0.5) is 16.2 Å². The van der Waals surface area contributed by atoms with Crippen molar-refractivity contribution in [1.29, 1.82) is 0 Å². The zero-order chi connectivity index (χ0) is 22.2. The van der Waals surface area contributed by atoms with Crippen molar-refractivity contribution in [2.45, 2.75) is 25.9 Å². The number of anilines is 2. The standard InChI is InChI=1S/C26H28N4O2/c31-25(27-18-20-9-3-1-4-10-20)23-17-22(13-14-24(23)30-15-7-8-16-30)29-26(32)28-19-21-11-5-2-6-12-21/h1-6,9-14,17H,7-8,15-16,18-19H2,(H,27,31)(H2,28,29,32). The van der Waals surface area contributed by atoms with E-state index in [9.17, 15) is 9.59 Å². The number of urea groups is 1. The van der Waals surface area contributed by atoms with Crippen LogP contribution >= 0.6 is 0 Å². The largest absolute Gasteiger partial charge is 0.371 e. The molecule has 0 spiro atoms. The normalized spacial score (nSPS) is 12.9. The molecule has 0 bridgehead atoms. The van der Waals surface area contributed by atoms with Crippen LogP contribution in [0, 0.1) is 0 Å². The Bertz CT molecular complexity index is 1050. The topological polar surface area (TPSA) is 73.5 Å². The summed E-state index contributed by atoms with van der Waals surface area (Å²) < 4.78 is 0. The quantitative estimate of drug-likeness (QED) is 0.517. The summed E-state index contributed by atoms with van der Waals surface area (Å²) in [5.74, 6) is -0.149. The molecular formula is C26H28N4O2. The molecule has 0 saturated carbocycles. The summed E-state index contributed by atoms with van der Waals surface area (Å²) in [6, 6.07) is 24.8. The number of nitrogens with one attached hydrogen (secondary N) is 3. The molecule has 6 heteroatoms. The smallest absolute Gasteiger partial charge is 0.319 e. The number of carbonyl (C=O) groups is 2. The lowest BCUT2D eigenvalue weighted by atomic mass is 10.1. The second-order valence-corrected chi connectivity index (χ2v) is 7.89. The van der Waals surface area contributed by atoms with Gasteiger partial charge in [0.1, 0.15) is 0 Å². The molecular weight excluding hydrogens is 400 g/mol. The summed E-state index contributed by atoms with van der Waals surface area (Å²) in [6.45, 7) is 2.75. The van der Waals surface area contributed by atoms with Crippen LogP contribution in [0.2, 0.25) is 0 Å². The lowest BCUT2D eigenvalue weighted by Gasteiger charge is -2.22. The molecule has 6 nitrogen and oxygen atoms in total. The second kappa shape index (κ2) is 10.5. The first-order valence-electron chi connectivity index (χ1n) is 11.0. The average molecular weight is 429 g/mol. The summed E-state index contributed by atoms with van der Waals surface area (Å²) in [5, 5.41) is 8.71. The van der Waals surface area contributed by atoms with Crippen LogP contribution in [-0.4, -0.2) is 25.0 Å². The van der Waals surface area contributed by atoms with Gasteiger partial charge >= 0.3 is 6.03 Å². The highest BCUT2D eigenvalue weighted by Gasteiger charge is 2.20. The molecule has 0 radical (unpaired) electrons. The molecule has 3 N–H and O–H groups in total. The Hall–Kier alpha value is -3.80. The van der Waals surface area contributed by atoms with Crippen LogP contribution in [0.25, 0.3) is 0 Å². The summed E-state index contributed by atoms with van der Waals surface area (Å²) >= 11 is 0. The molecule has 3 aromatic carbocycles. The van der Waals surface area contributed by atoms with E-state index in [0.29, 0.717) is 24.3 Å². The van der Waals surface area contributed by atoms with Gasteiger partial charge < -0.3 is 20.9 Å². The van der Waals surface area contributed by atoms with Gasteiger partial charge in [-0.15, -0.1) is 0 Å². The second-order valence-electron chi connectivity index (χ2n) is 7.89. The maximum absolute atomic E-state index is 13.1. The Morgan fingerprint density at radius 3 is 1.97 bits per heavy atom. The SMILES string of the molecule is O=C(NCc1ccccc1)Nc1ccc(N2CCCC2)c(C(=O)NCc2ccccc2)c1. The van der Waals surface area contributed by atoms with Crippen LogP contribution < -0.4 is 20.9 Å². The molecule has 3 amide bonds. The van der Waals surface area contributed by atoms with Crippen LogP contribution in [0.15, 0.2) is 78.9 Å². The van der Waals surface area contributed by atoms with E-state index in [-0.39, 0.29) is 11.9 Å². The average Bonchev–Trinajstić information content (AvgIpc) is 3.37. The molecule has 0 aromatic heterocycles. The fourth-order valence-electron chi connectivity index (χ4n) is 3.86. The Morgan fingerprint density at radius 2 is 1.34 bits per heavy atom. The fourth-order valence-corrected chi connectivity index (χ4v) is 3.86. The predicted octanol–water partition coefficient (Wildman–Crippen LogP) is 4.54. The van der Waals surface area contributed by atoms with Gasteiger partial charge in [-0.3, -0.25) is 4.79 Å². The number of rotatable bonds is 7. The number of hydrogen-bond acceptors (Lipinski definition) is 3. The fraction of sp³-hybridized carbons (Fsp3) is 0.231.